The maximum Gasteiger partial charge on any atom is 0.257 e. The number of hydrogen-bond donors (Lipinski definition) is 2. The van der Waals surface area contributed by atoms with E-state index in [1.54, 1.807) is 0 Å². The number of aromatic nitrogens is 2. The molecule has 2 fully saturated rings. The van der Waals surface area contributed by atoms with Crippen molar-refractivity contribution in [1.82, 2.24) is 29.8 Å². The summed E-state index contributed by atoms with van der Waals surface area (Å²) in [5.41, 5.74) is 0.198. The first-order valence-corrected chi connectivity index (χ1v) is 10.7. The van der Waals surface area contributed by atoms with Crippen LogP contribution in [-0.4, -0.2) is 89.8 Å². The Labute approximate surface area is 162 Å². The molecule has 2 saturated heterocycles. The highest BCUT2D eigenvalue weighted by atomic mass is 32.2. The standard InChI is InChI=1S/C16H22N6O5S/c1-28(26,27)21-5-6-22(16(25)11-7-17-10-18-8-11)13(9-21)15(24)20-12-3-2-4-19-14(12)23/h7-8,10,12-13H,2-6,9H2,1H3,(H,19,23)(H,20,24)/t12-,13-/m1/s1. The van der Waals surface area contributed by atoms with Crippen LogP contribution in [0.3, 0.4) is 0 Å². The highest BCUT2D eigenvalue weighted by Crippen LogP contribution is 2.17. The summed E-state index contributed by atoms with van der Waals surface area (Å²) in [6.07, 6.45) is 6.22. The van der Waals surface area contributed by atoms with Gasteiger partial charge in [0.2, 0.25) is 21.8 Å². The van der Waals surface area contributed by atoms with E-state index in [0.717, 1.165) is 17.0 Å². The fourth-order valence-corrected chi connectivity index (χ4v) is 4.10. The largest absolute Gasteiger partial charge is 0.354 e. The molecule has 2 aliphatic heterocycles. The average molecular weight is 410 g/mol. The van der Waals surface area contributed by atoms with Crippen molar-refractivity contribution in [2.24, 2.45) is 0 Å². The Hall–Kier alpha value is -2.60. The van der Waals surface area contributed by atoms with Crippen LogP contribution in [0.15, 0.2) is 18.7 Å². The van der Waals surface area contributed by atoms with E-state index >= 15 is 0 Å². The number of nitrogens with one attached hydrogen (secondary N) is 2. The van der Waals surface area contributed by atoms with Crippen LogP contribution < -0.4 is 10.6 Å². The minimum absolute atomic E-state index is 0.0374. The third kappa shape index (κ3) is 4.44. The minimum Gasteiger partial charge on any atom is -0.354 e. The fraction of sp³-hybridized carbons (Fsp3) is 0.562. The number of nitrogens with zero attached hydrogens (tertiary/aromatic N) is 4. The molecule has 2 aliphatic rings. The third-order valence-electron chi connectivity index (χ3n) is 4.78. The predicted octanol–water partition coefficient (Wildman–Crippen LogP) is -2.04. The van der Waals surface area contributed by atoms with Crippen LogP contribution in [0.5, 0.6) is 0 Å². The number of sulfonamides is 1. The van der Waals surface area contributed by atoms with Gasteiger partial charge >= 0.3 is 0 Å². The van der Waals surface area contributed by atoms with Crippen molar-refractivity contribution < 1.29 is 22.8 Å². The summed E-state index contributed by atoms with van der Waals surface area (Å²) < 4.78 is 25.1. The molecule has 12 heteroatoms. The molecule has 3 rings (SSSR count). The molecule has 28 heavy (non-hydrogen) atoms. The van der Waals surface area contributed by atoms with E-state index in [2.05, 4.69) is 20.6 Å². The maximum atomic E-state index is 12.9. The first-order chi connectivity index (χ1) is 13.3. The maximum absolute atomic E-state index is 12.9. The number of carbonyl (C=O) groups is 3. The second-order valence-electron chi connectivity index (χ2n) is 6.76. The van der Waals surface area contributed by atoms with Crippen LogP contribution >= 0.6 is 0 Å². The van der Waals surface area contributed by atoms with E-state index in [1.165, 1.54) is 23.6 Å². The molecule has 1 aromatic heterocycles. The predicted molar refractivity (Wildman–Crippen MR) is 97.4 cm³/mol. The molecule has 0 radical (unpaired) electrons. The van der Waals surface area contributed by atoms with Gasteiger partial charge in [-0.25, -0.2) is 18.4 Å². The van der Waals surface area contributed by atoms with Gasteiger partial charge in [-0.2, -0.15) is 4.31 Å². The lowest BCUT2D eigenvalue weighted by atomic mass is 10.1. The first-order valence-electron chi connectivity index (χ1n) is 8.86. The van der Waals surface area contributed by atoms with Crippen LogP contribution in [0.2, 0.25) is 0 Å². The molecule has 152 valence electrons. The summed E-state index contributed by atoms with van der Waals surface area (Å²) in [6.45, 7) is 0.481. The van der Waals surface area contributed by atoms with Gasteiger partial charge in [0.1, 0.15) is 18.4 Å². The fourth-order valence-electron chi connectivity index (χ4n) is 3.28. The lowest BCUT2D eigenvalue weighted by Crippen LogP contribution is -2.63. The Bertz CT molecular complexity index is 862. The molecule has 0 bridgehead atoms. The molecule has 2 N–H and O–H groups in total. The van der Waals surface area contributed by atoms with Gasteiger partial charge in [0, 0.05) is 38.6 Å². The van der Waals surface area contributed by atoms with Gasteiger partial charge in [0.25, 0.3) is 5.91 Å². The van der Waals surface area contributed by atoms with Gasteiger partial charge in [-0.05, 0) is 12.8 Å². The average Bonchev–Trinajstić information content (AvgIpc) is 2.68. The zero-order valence-electron chi connectivity index (χ0n) is 15.4. The van der Waals surface area contributed by atoms with Crippen molar-refractivity contribution in [3.8, 4) is 0 Å². The van der Waals surface area contributed by atoms with Crippen molar-refractivity contribution in [3.63, 3.8) is 0 Å². The van der Waals surface area contributed by atoms with E-state index in [1.807, 2.05) is 0 Å². The Balaban J connectivity index is 1.82. The first kappa shape index (κ1) is 20.1. The lowest BCUT2D eigenvalue weighted by molar-refractivity contribution is -0.133. The third-order valence-corrected chi connectivity index (χ3v) is 6.05. The van der Waals surface area contributed by atoms with Gasteiger partial charge < -0.3 is 15.5 Å². The molecular formula is C16H22N6O5S. The molecule has 0 saturated carbocycles. The molecular weight excluding hydrogens is 388 g/mol. The molecule has 0 aliphatic carbocycles. The minimum atomic E-state index is -3.54. The second-order valence-corrected chi connectivity index (χ2v) is 8.74. The van der Waals surface area contributed by atoms with Crippen LogP contribution in [-0.2, 0) is 19.6 Å². The highest BCUT2D eigenvalue weighted by Gasteiger charge is 2.40. The van der Waals surface area contributed by atoms with Crippen LogP contribution in [0.4, 0.5) is 0 Å². The molecule has 3 amide bonds. The lowest BCUT2D eigenvalue weighted by Gasteiger charge is -2.40. The van der Waals surface area contributed by atoms with Crippen LogP contribution in [0.25, 0.3) is 0 Å². The van der Waals surface area contributed by atoms with Crippen molar-refractivity contribution in [1.29, 1.82) is 0 Å². The number of amides is 3. The van der Waals surface area contributed by atoms with E-state index in [-0.39, 0.29) is 31.1 Å². The zero-order valence-corrected chi connectivity index (χ0v) is 16.2. The molecule has 1 aromatic rings. The monoisotopic (exact) mass is 410 g/mol. The normalized spacial score (nSPS) is 23.8. The molecule has 0 aromatic carbocycles. The van der Waals surface area contributed by atoms with Crippen LogP contribution in [0.1, 0.15) is 23.2 Å². The van der Waals surface area contributed by atoms with Gasteiger partial charge in [-0.1, -0.05) is 0 Å². The molecule has 2 atom stereocenters. The SMILES string of the molecule is CS(=O)(=O)N1CCN(C(=O)c2cncnc2)[C@@H](C(=O)N[C@@H]2CCCNC2=O)C1. The summed E-state index contributed by atoms with van der Waals surface area (Å²) in [7, 11) is -3.54. The van der Waals surface area contributed by atoms with Gasteiger partial charge in [0.15, 0.2) is 0 Å². The Morgan fingerprint density at radius 2 is 1.96 bits per heavy atom. The second kappa shape index (κ2) is 8.19. The number of piperazine rings is 1. The van der Waals surface area contributed by atoms with E-state index in [4.69, 9.17) is 0 Å². The topological polar surface area (TPSA) is 142 Å². The summed E-state index contributed by atoms with van der Waals surface area (Å²) >= 11 is 0. The Morgan fingerprint density at radius 3 is 2.61 bits per heavy atom. The van der Waals surface area contributed by atoms with E-state index in [9.17, 15) is 22.8 Å². The molecule has 0 spiro atoms. The Kier molecular flexibility index (Phi) is 5.89. The molecule has 3 heterocycles. The summed E-state index contributed by atoms with van der Waals surface area (Å²) in [5.74, 6) is -1.33. The van der Waals surface area contributed by atoms with Gasteiger partial charge in [-0.15, -0.1) is 0 Å². The Morgan fingerprint density at radius 1 is 1.25 bits per heavy atom. The highest BCUT2D eigenvalue weighted by molar-refractivity contribution is 7.88. The van der Waals surface area contributed by atoms with Crippen molar-refractivity contribution in [2.45, 2.75) is 24.9 Å². The van der Waals surface area contributed by atoms with Crippen molar-refractivity contribution in [3.05, 3.63) is 24.3 Å². The summed E-state index contributed by atoms with van der Waals surface area (Å²) in [4.78, 5) is 46.6. The number of hydrogen-bond acceptors (Lipinski definition) is 7. The van der Waals surface area contributed by atoms with Gasteiger partial charge in [-0.3, -0.25) is 14.4 Å². The molecule has 11 nitrogen and oxygen atoms in total. The summed E-state index contributed by atoms with van der Waals surface area (Å²) in [6, 6.07) is -1.77. The van der Waals surface area contributed by atoms with E-state index < -0.39 is 33.9 Å². The number of rotatable bonds is 4. The smallest absolute Gasteiger partial charge is 0.257 e. The van der Waals surface area contributed by atoms with E-state index in [0.29, 0.717) is 13.0 Å². The van der Waals surface area contributed by atoms with Crippen LogP contribution in [0, 0.1) is 0 Å². The quantitative estimate of drug-likeness (QED) is 0.582. The van der Waals surface area contributed by atoms with Gasteiger partial charge in [0.05, 0.1) is 11.8 Å². The number of piperidine rings is 1. The number of carbonyl (C=O) groups excluding carboxylic acids is 3. The molecule has 0 unspecified atom stereocenters. The van der Waals surface area contributed by atoms with Crippen molar-refractivity contribution in [2.75, 3.05) is 32.4 Å². The van der Waals surface area contributed by atoms with Crippen molar-refractivity contribution >= 4 is 27.7 Å². The summed E-state index contributed by atoms with van der Waals surface area (Å²) in [5, 5.41) is 5.33. The zero-order chi connectivity index (χ0) is 20.3.